The molecule has 1 N–H and O–H groups in total. The quantitative estimate of drug-likeness (QED) is 0.674. The number of rotatable bonds is 9. The molecule has 0 amide bonds. The summed E-state index contributed by atoms with van der Waals surface area (Å²) in [6.07, 6.45) is 3.53. The second kappa shape index (κ2) is 8.98. The predicted molar refractivity (Wildman–Crippen MR) is 78.3 cm³/mol. The van der Waals surface area contributed by atoms with Crippen LogP contribution in [0, 0.1) is 5.92 Å². The fraction of sp³-hybridized carbons (Fsp3) is 0.625. The molecule has 102 valence electrons. The van der Waals surface area contributed by atoms with Crippen molar-refractivity contribution in [2.45, 2.75) is 40.0 Å². The van der Waals surface area contributed by atoms with E-state index in [9.17, 15) is 0 Å². The van der Waals surface area contributed by atoms with Gasteiger partial charge in [0.05, 0.1) is 6.61 Å². The van der Waals surface area contributed by atoms with Gasteiger partial charge in [-0.05, 0) is 37.1 Å². The van der Waals surface area contributed by atoms with E-state index in [2.05, 4.69) is 50.4 Å². The van der Waals surface area contributed by atoms with Crippen LogP contribution in [-0.2, 0) is 6.42 Å². The summed E-state index contributed by atoms with van der Waals surface area (Å²) in [6.45, 7) is 9.51. The van der Waals surface area contributed by atoms with Crippen LogP contribution in [-0.4, -0.2) is 19.7 Å². The number of hydrogen-bond acceptors (Lipinski definition) is 2. The van der Waals surface area contributed by atoms with E-state index in [1.165, 1.54) is 18.4 Å². The average Bonchev–Trinajstić information content (AvgIpc) is 2.39. The molecule has 1 unspecified atom stereocenters. The van der Waals surface area contributed by atoms with Crippen molar-refractivity contribution in [3.63, 3.8) is 0 Å². The van der Waals surface area contributed by atoms with Crippen LogP contribution in [0.2, 0.25) is 0 Å². The van der Waals surface area contributed by atoms with E-state index in [4.69, 9.17) is 4.74 Å². The summed E-state index contributed by atoms with van der Waals surface area (Å²) in [4.78, 5) is 0. The van der Waals surface area contributed by atoms with Crippen molar-refractivity contribution in [2.24, 2.45) is 5.92 Å². The summed E-state index contributed by atoms with van der Waals surface area (Å²) in [5.41, 5.74) is 1.39. The highest BCUT2D eigenvalue weighted by Gasteiger charge is 2.02. The van der Waals surface area contributed by atoms with Gasteiger partial charge in [0.25, 0.3) is 0 Å². The topological polar surface area (TPSA) is 21.3 Å². The molecular weight excluding hydrogens is 222 g/mol. The Hall–Kier alpha value is -1.02. The highest BCUT2D eigenvalue weighted by atomic mass is 16.5. The van der Waals surface area contributed by atoms with Crippen molar-refractivity contribution in [3.05, 3.63) is 29.8 Å². The normalized spacial score (nSPS) is 12.4. The molecule has 0 bridgehead atoms. The molecule has 1 aromatic carbocycles. The van der Waals surface area contributed by atoms with Crippen LogP contribution in [0.1, 0.15) is 39.2 Å². The zero-order chi connectivity index (χ0) is 13.2. The van der Waals surface area contributed by atoms with Crippen molar-refractivity contribution in [1.82, 2.24) is 5.32 Å². The van der Waals surface area contributed by atoms with Crippen molar-refractivity contribution >= 4 is 0 Å². The molecule has 0 heterocycles. The molecule has 0 spiro atoms. The number of hydrogen-bond donors (Lipinski definition) is 1. The molecule has 0 aromatic heterocycles. The third-order valence-corrected chi connectivity index (χ3v) is 2.92. The Balaban J connectivity index is 2.25. The van der Waals surface area contributed by atoms with E-state index in [-0.39, 0.29) is 0 Å². The fourth-order valence-electron chi connectivity index (χ4n) is 1.86. The first-order valence-corrected chi connectivity index (χ1v) is 7.18. The smallest absolute Gasteiger partial charge is 0.119 e. The Morgan fingerprint density at radius 2 is 1.83 bits per heavy atom. The van der Waals surface area contributed by atoms with E-state index in [1.54, 1.807) is 0 Å². The first-order chi connectivity index (χ1) is 8.76. The summed E-state index contributed by atoms with van der Waals surface area (Å²) in [6, 6.07) is 8.49. The van der Waals surface area contributed by atoms with E-state index < -0.39 is 0 Å². The van der Waals surface area contributed by atoms with Crippen LogP contribution in [0.25, 0.3) is 0 Å². The van der Waals surface area contributed by atoms with E-state index in [1.807, 2.05) is 0 Å². The van der Waals surface area contributed by atoms with Gasteiger partial charge >= 0.3 is 0 Å². The first-order valence-electron chi connectivity index (χ1n) is 7.18. The minimum absolute atomic E-state index is 0.548. The van der Waals surface area contributed by atoms with Gasteiger partial charge in [0.15, 0.2) is 0 Å². The SMILES string of the molecule is CCCNCC(C)COc1ccc(CCC)cc1. The Labute approximate surface area is 112 Å². The fourth-order valence-corrected chi connectivity index (χ4v) is 1.86. The summed E-state index contributed by atoms with van der Waals surface area (Å²) in [7, 11) is 0. The molecule has 18 heavy (non-hydrogen) atoms. The minimum atomic E-state index is 0.548. The summed E-state index contributed by atoms with van der Waals surface area (Å²) in [5.74, 6) is 1.53. The molecule has 2 heteroatoms. The monoisotopic (exact) mass is 249 g/mol. The van der Waals surface area contributed by atoms with Gasteiger partial charge in [-0.3, -0.25) is 0 Å². The van der Waals surface area contributed by atoms with Gasteiger partial charge in [-0.25, -0.2) is 0 Å². The minimum Gasteiger partial charge on any atom is -0.493 e. The molecule has 1 aromatic rings. The van der Waals surface area contributed by atoms with Gasteiger partial charge in [0.2, 0.25) is 0 Å². The number of ether oxygens (including phenoxy) is 1. The highest BCUT2D eigenvalue weighted by molar-refractivity contribution is 5.27. The number of nitrogens with one attached hydrogen (secondary N) is 1. The van der Waals surface area contributed by atoms with Gasteiger partial charge in [-0.2, -0.15) is 0 Å². The number of aryl methyl sites for hydroxylation is 1. The largest absolute Gasteiger partial charge is 0.493 e. The molecule has 0 saturated heterocycles. The van der Waals surface area contributed by atoms with E-state index >= 15 is 0 Å². The lowest BCUT2D eigenvalue weighted by Gasteiger charge is -2.14. The molecule has 1 rings (SSSR count). The van der Waals surface area contributed by atoms with Crippen LogP contribution >= 0.6 is 0 Å². The Bertz CT molecular complexity index is 307. The molecule has 2 nitrogen and oxygen atoms in total. The molecule has 1 atom stereocenters. The Morgan fingerprint density at radius 3 is 2.44 bits per heavy atom. The molecule has 0 radical (unpaired) electrons. The zero-order valence-electron chi connectivity index (χ0n) is 12.0. The zero-order valence-corrected chi connectivity index (χ0v) is 12.0. The van der Waals surface area contributed by atoms with Crippen LogP contribution in [0.3, 0.4) is 0 Å². The van der Waals surface area contributed by atoms with Gasteiger partial charge in [0.1, 0.15) is 5.75 Å². The molecular formula is C16H27NO. The lowest BCUT2D eigenvalue weighted by atomic mass is 10.1. The summed E-state index contributed by atoms with van der Waals surface area (Å²) in [5, 5.41) is 3.42. The summed E-state index contributed by atoms with van der Waals surface area (Å²) < 4.78 is 5.79. The maximum Gasteiger partial charge on any atom is 0.119 e. The molecule has 0 aliphatic heterocycles. The van der Waals surface area contributed by atoms with Gasteiger partial charge in [0, 0.05) is 12.5 Å². The van der Waals surface area contributed by atoms with Crippen molar-refractivity contribution < 1.29 is 4.74 Å². The second-order valence-electron chi connectivity index (χ2n) is 5.01. The molecule has 0 fully saturated rings. The average molecular weight is 249 g/mol. The standard InChI is InChI=1S/C16H27NO/c1-4-6-15-7-9-16(10-8-15)18-13-14(3)12-17-11-5-2/h7-10,14,17H,4-6,11-13H2,1-3H3. The molecule has 0 aliphatic carbocycles. The van der Waals surface area contributed by atoms with Crippen LogP contribution in [0.5, 0.6) is 5.75 Å². The van der Waals surface area contributed by atoms with Gasteiger partial charge in [-0.15, -0.1) is 0 Å². The van der Waals surface area contributed by atoms with Crippen LogP contribution in [0.15, 0.2) is 24.3 Å². The Kier molecular flexibility index (Phi) is 7.51. The van der Waals surface area contributed by atoms with Crippen molar-refractivity contribution in [1.29, 1.82) is 0 Å². The maximum atomic E-state index is 5.79. The first kappa shape index (κ1) is 15.0. The maximum absolute atomic E-state index is 5.79. The van der Waals surface area contributed by atoms with Gasteiger partial charge in [-0.1, -0.05) is 39.3 Å². The second-order valence-corrected chi connectivity index (χ2v) is 5.01. The Morgan fingerprint density at radius 1 is 1.11 bits per heavy atom. The summed E-state index contributed by atoms with van der Waals surface area (Å²) >= 11 is 0. The van der Waals surface area contributed by atoms with E-state index in [0.29, 0.717) is 5.92 Å². The third kappa shape index (κ3) is 6.06. The number of benzene rings is 1. The van der Waals surface area contributed by atoms with Crippen LogP contribution < -0.4 is 10.1 Å². The lowest BCUT2D eigenvalue weighted by molar-refractivity contribution is 0.256. The molecule has 0 saturated carbocycles. The predicted octanol–water partition coefficient (Wildman–Crippen LogP) is 3.65. The van der Waals surface area contributed by atoms with E-state index in [0.717, 1.165) is 31.9 Å². The van der Waals surface area contributed by atoms with Gasteiger partial charge < -0.3 is 10.1 Å². The third-order valence-electron chi connectivity index (χ3n) is 2.92. The molecule has 0 aliphatic rings. The highest BCUT2D eigenvalue weighted by Crippen LogP contribution is 2.14. The lowest BCUT2D eigenvalue weighted by Crippen LogP contribution is -2.25. The van der Waals surface area contributed by atoms with Crippen molar-refractivity contribution in [3.8, 4) is 5.75 Å². The van der Waals surface area contributed by atoms with Crippen LogP contribution in [0.4, 0.5) is 0 Å². The van der Waals surface area contributed by atoms with Crippen molar-refractivity contribution in [2.75, 3.05) is 19.7 Å².